The van der Waals surface area contributed by atoms with E-state index in [1.54, 1.807) is 0 Å². The molecule has 0 aromatic heterocycles. The molecular formula is C23H27BrO4. The monoisotopic (exact) mass is 446 g/mol. The molecule has 1 saturated carbocycles. The topological polar surface area (TPSA) is 58.9 Å². The molecule has 1 aliphatic heterocycles. The van der Waals surface area contributed by atoms with Crippen molar-refractivity contribution in [2.24, 2.45) is 5.92 Å². The maximum atomic E-state index is 10.7. The van der Waals surface area contributed by atoms with E-state index < -0.39 is 12.2 Å². The highest BCUT2D eigenvalue weighted by atomic mass is 79.9. The first-order valence-electron chi connectivity index (χ1n) is 9.95. The Balaban J connectivity index is 1.75. The standard InChI is InChI=1S/C23H27BrO4/c1-14-12-17-20(26)19(25)13-18(24)23(17)28-22(16-10-6-3-7-11-16)21(27-14)15-8-4-2-5-9-15/h2-11,14,17-23,25-26H,12-13H2,1H3/t14-,17+,18+,19-,20+,21+,22+,23+/m0/s1. The summed E-state index contributed by atoms with van der Waals surface area (Å²) in [6, 6.07) is 20.3. The number of aliphatic hydroxyl groups excluding tert-OH is 2. The Labute approximate surface area is 174 Å². The third kappa shape index (κ3) is 4.05. The number of benzene rings is 2. The van der Waals surface area contributed by atoms with Gasteiger partial charge in [-0.25, -0.2) is 0 Å². The van der Waals surface area contributed by atoms with E-state index in [-0.39, 0.29) is 35.2 Å². The second-order valence-electron chi connectivity index (χ2n) is 7.92. The minimum atomic E-state index is -0.811. The Kier molecular flexibility index (Phi) is 6.18. The molecule has 2 N–H and O–H groups in total. The first-order chi connectivity index (χ1) is 13.5. The summed E-state index contributed by atoms with van der Waals surface area (Å²) in [5.74, 6) is -0.189. The fourth-order valence-corrected chi connectivity index (χ4v) is 5.40. The lowest BCUT2D eigenvalue weighted by Crippen LogP contribution is -2.54. The van der Waals surface area contributed by atoms with Crippen LogP contribution >= 0.6 is 15.9 Å². The fraction of sp³-hybridized carbons (Fsp3) is 0.478. The molecule has 0 spiro atoms. The largest absolute Gasteiger partial charge is 0.390 e. The minimum Gasteiger partial charge on any atom is -0.390 e. The predicted octanol–water partition coefficient (Wildman–Crippen LogP) is 4.17. The number of hydrogen-bond acceptors (Lipinski definition) is 4. The molecule has 8 atom stereocenters. The lowest BCUT2D eigenvalue weighted by atomic mass is 9.78. The van der Waals surface area contributed by atoms with E-state index in [0.717, 1.165) is 11.1 Å². The third-order valence-corrected chi connectivity index (χ3v) is 6.79. The van der Waals surface area contributed by atoms with Gasteiger partial charge in [-0.1, -0.05) is 76.6 Å². The van der Waals surface area contributed by atoms with Gasteiger partial charge in [0.2, 0.25) is 0 Å². The van der Waals surface area contributed by atoms with Crippen LogP contribution in [-0.2, 0) is 9.47 Å². The van der Waals surface area contributed by atoms with Gasteiger partial charge in [-0.15, -0.1) is 0 Å². The molecule has 4 nitrogen and oxygen atoms in total. The molecule has 1 heterocycles. The zero-order valence-electron chi connectivity index (χ0n) is 15.9. The molecule has 2 aromatic carbocycles. The van der Waals surface area contributed by atoms with E-state index in [1.807, 2.05) is 43.3 Å². The number of alkyl halides is 1. The highest BCUT2D eigenvalue weighted by Crippen LogP contribution is 2.45. The molecule has 0 amide bonds. The molecule has 0 unspecified atom stereocenters. The normalized spacial score (nSPS) is 38.9. The van der Waals surface area contributed by atoms with Crippen LogP contribution in [0.2, 0.25) is 0 Å². The SMILES string of the molecule is C[C@H]1C[C@@H]2[C@@H](O)[C@@H](O)C[C@@H](Br)[C@@H]2O[C@H](c2ccccc2)[C@@H](c2ccccc2)O1. The summed E-state index contributed by atoms with van der Waals surface area (Å²) in [5.41, 5.74) is 2.12. The van der Waals surface area contributed by atoms with Gasteiger partial charge in [-0.2, -0.15) is 0 Å². The van der Waals surface area contributed by atoms with Crippen LogP contribution in [0, 0.1) is 5.92 Å². The second-order valence-corrected chi connectivity index (χ2v) is 9.10. The zero-order chi connectivity index (χ0) is 19.7. The minimum absolute atomic E-state index is 0.0242. The van der Waals surface area contributed by atoms with Crippen molar-refractivity contribution >= 4 is 15.9 Å². The van der Waals surface area contributed by atoms with Crippen LogP contribution in [0.15, 0.2) is 60.7 Å². The van der Waals surface area contributed by atoms with Gasteiger partial charge < -0.3 is 19.7 Å². The van der Waals surface area contributed by atoms with Crippen LogP contribution in [-0.4, -0.2) is 39.5 Å². The third-order valence-electron chi connectivity index (χ3n) is 5.90. The van der Waals surface area contributed by atoms with E-state index in [0.29, 0.717) is 12.8 Å². The first kappa shape index (κ1) is 20.0. The predicted molar refractivity (Wildman–Crippen MR) is 111 cm³/mol. The Bertz CT molecular complexity index is 756. The molecule has 1 saturated heterocycles. The quantitative estimate of drug-likeness (QED) is 0.679. The Morgan fingerprint density at radius 2 is 1.36 bits per heavy atom. The molecule has 150 valence electrons. The zero-order valence-corrected chi connectivity index (χ0v) is 17.5. The number of halogens is 1. The van der Waals surface area contributed by atoms with Gasteiger partial charge in [-0.05, 0) is 30.9 Å². The maximum Gasteiger partial charge on any atom is 0.113 e. The average Bonchev–Trinajstić information content (AvgIpc) is 2.70. The molecule has 4 rings (SSSR count). The van der Waals surface area contributed by atoms with Crippen molar-refractivity contribution in [3.05, 3.63) is 71.8 Å². The van der Waals surface area contributed by atoms with Crippen molar-refractivity contribution in [1.29, 1.82) is 0 Å². The van der Waals surface area contributed by atoms with Crippen molar-refractivity contribution in [3.8, 4) is 0 Å². The summed E-state index contributed by atoms with van der Waals surface area (Å²) in [6.07, 6.45) is -1.29. The van der Waals surface area contributed by atoms with Gasteiger partial charge in [0, 0.05) is 10.7 Å². The summed E-state index contributed by atoms with van der Waals surface area (Å²) in [4.78, 5) is -0.0242. The van der Waals surface area contributed by atoms with E-state index in [2.05, 4.69) is 40.2 Å². The Morgan fingerprint density at radius 1 is 0.821 bits per heavy atom. The van der Waals surface area contributed by atoms with Crippen molar-refractivity contribution in [1.82, 2.24) is 0 Å². The van der Waals surface area contributed by atoms with E-state index in [1.165, 1.54) is 0 Å². The molecule has 2 aromatic rings. The van der Waals surface area contributed by atoms with Crippen LogP contribution in [0.25, 0.3) is 0 Å². The molecule has 28 heavy (non-hydrogen) atoms. The van der Waals surface area contributed by atoms with Gasteiger partial charge in [0.15, 0.2) is 0 Å². The van der Waals surface area contributed by atoms with Crippen molar-refractivity contribution in [2.75, 3.05) is 0 Å². The highest BCUT2D eigenvalue weighted by Gasteiger charge is 2.47. The van der Waals surface area contributed by atoms with Crippen molar-refractivity contribution in [2.45, 2.75) is 61.2 Å². The number of hydrogen-bond donors (Lipinski definition) is 2. The summed E-state index contributed by atoms with van der Waals surface area (Å²) >= 11 is 3.72. The van der Waals surface area contributed by atoms with Gasteiger partial charge >= 0.3 is 0 Å². The molecule has 2 fully saturated rings. The van der Waals surface area contributed by atoms with Gasteiger partial charge in [-0.3, -0.25) is 0 Å². The van der Waals surface area contributed by atoms with Crippen LogP contribution in [0.1, 0.15) is 43.1 Å². The van der Waals surface area contributed by atoms with Crippen LogP contribution in [0.5, 0.6) is 0 Å². The average molecular weight is 447 g/mol. The summed E-state index contributed by atoms with van der Waals surface area (Å²) in [7, 11) is 0. The highest BCUT2D eigenvalue weighted by molar-refractivity contribution is 9.09. The van der Waals surface area contributed by atoms with E-state index in [9.17, 15) is 10.2 Å². The van der Waals surface area contributed by atoms with Crippen molar-refractivity contribution < 1.29 is 19.7 Å². The summed E-state index contributed by atoms with van der Waals surface area (Å²) in [5, 5.41) is 20.9. The number of ether oxygens (including phenoxy) is 2. The van der Waals surface area contributed by atoms with Gasteiger partial charge in [0.1, 0.15) is 12.2 Å². The molecule has 0 bridgehead atoms. The number of rotatable bonds is 2. The molecule has 1 aliphatic carbocycles. The Morgan fingerprint density at radius 3 is 1.93 bits per heavy atom. The number of fused-ring (bicyclic) bond motifs is 1. The smallest absolute Gasteiger partial charge is 0.113 e. The fourth-order valence-electron chi connectivity index (χ4n) is 4.51. The van der Waals surface area contributed by atoms with Gasteiger partial charge in [0.25, 0.3) is 0 Å². The first-order valence-corrected chi connectivity index (χ1v) is 10.9. The van der Waals surface area contributed by atoms with E-state index in [4.69, 9.17) is 9.47 Å². The second kappa shape index (κ2) is 8.64. The molecule has 2 aliphatic rings. The molecule has 0 radical (unpaired) electrons. The number of aliphatic hydroxyl groups is 2. The maximum absolute atomic E-state index is 10.7. The molecular weight excluding hydrogens is 420 g/mol. The lowest BCUT2D eigenvalue weighted by Gasteiger charge is -2.47. The van der Waals surface area contributed by atoms with Crippen molar-refractivity contribution in [3.63, 3.8) is 0 Å². The van der Waals surface area contributed by atoms with Crippen LogP contribution in [0.4, 0.5) is 0 Å². The van der Waals surface area contributed by atoms with Crippen LogP contribution in [0.3, 0.4) is 0 Å². The van der Waals surface area contributed by atoms with E-state index >= 15 is 0 Å². The summed E-state index contributed by atoms with van der Waals surface area (Å²) in [6.45, 7) is 2.04. The molecule has 5 heteroatoms. The van der Waals surface area contributed by atoms with Crippen LogP contribution < -0.4 is 0 Å². The summed E-state index contributed by atoms with van der Waals surface area (Å²) < 4.78 is 13.2. The lowest BCUT2D eigenvalue weighted by molar-refractivity contribution is -0.202. The van der Waals surface area contributed by atoms with Gasteiger partial charge in [0.05, 0.1) is 24.4 Å². The Hall–Kier alpha value is -1.24.